The summed E-state index contributed by atoms with van der Waals surface area (Å²) in [5.41, 5.74) is 1.30. The summed E-state index contributed by atoms with van der Waals surface area (Å²) in [6.07, 6.45) is 0. The molecule has 1 aromatic rings. The van der Waals surface area contributed by atoms with E-state index in [1.165, 1.54) is 5.56 Å². The number of hydrogen-bond donors (Lipinski definition) is 1. The van der Waals surface area contributed by atoms with Crippen LogP contribution in [-0.2, 0) is 6.54 Å². The first-order valence-corrected chi connectivity index (χ1v) is 5.74. The Hall–Kier alpha value is -0.000000000000000111. The molecule has 1 unspecified atom stereocenters. The van der Waals surface area contributed by atoms with Gasteiger partial charge in [0, 0.05) is 18.5 Å². The Bertz CT molecular complexity index is 250. The van der Waals surface area contributed by atoms with Gasteiger partial charge in [-0.05, 0) is 5.56 Å². The fourth-order valence-electron chi connectivity index (χ4n) is 0.981. The van der Waals surface area contributed by atoms with E-state index in [-0.39, 0.29) is 0 Å². The number of benzene rings is 1. The number of halogens is 1. The summed E-state index contributed by atoms with van der Waals surface area (Å²) < 4.78 is 0.316. The highest BCUT2D eigenvalue weighted by Crippen LogP contribution is 1.99. The standard InChI is InChI=1S/C10H11INS/c11-10(8-13)7-12-6-9-4-2-1-3-5-9/h1-5,10,12H,6-7H2. The summed E-state index contributed by atoms with van der Waals surface area (Å²) in [7, 11) is 0. The van der Waals surface area contributed by atoms with Gasteiger partial charge in [0.25, 0.3) is 0 Å². The van der Waals surface area contributed by atoms with E-state index < -0.39 is 0 Å². The number of thiocarbonyl (C=S) groups is 1. The summed E-state index contributed by atoms with van der Waals surface area (Å²) in [4.78, 5) is 0. The second-order valence-electron chi connectivity index (χ2n) is 2.70. The largest absolute Gasteiger partial charge is 0.311 e. The van der Waals surface area contributed by atoms with Crippen LogP contribution in [0.25, 0.3) is 0 Å². The maximum absolute atomic E-state index is 4.71. The van der Waals surface area contributed by atoms with Crippen LogP contribution in [0.5, 0.6) is 0 Å². The monoisotopic (exact) mass is 304 g/mol. The van der Waals surface area contributed by atoms with Gasteiger partial charge >= 0.3 is 0 Å². The third-order valence-corrected chi connectivity index (χ3v) is 3.08. The van der Waals surface area contributed by atoms with Crippen LogP contribution in [0.3, 0.4) is 0 Å². The van der Waals surface area contributed by atoms with Gasteiger partial charge in [-0.3, -0.25) is 0 Å². The fraction of sp³-hybridized carbons (Fsp3) is 0.300. The molecule has 0 aliphatic rings. The highest BCUT2D eigenvalue weighted by Gasteiger charge is 1.98. The second-order valence-corrected chi connectivity index (χ2v) is 4.44. The Morgan fingerprint density at radius 3 is 2.69 bits per heavy atom. The Kier molecular flexibility index (Phi) is 5.50. The van der Waals surface area contributed by atoms with E-state index in [2.05, 4.69) is 45.4 Å². The van der Waals surface area contributed by atoms with Crippen molar-refractivity contribution in [2.75, 3.05) is 6.54 Å². The van der Waals surface area contributed by atoms with Gasteiger partial charge < -0.3 is 5.32 Å². The van der Waals surface area contributed by atoms with Gasteiger partial charge in [-0.1, -0.05) is 65.1 Å². The molecule has 0 aliphatic carbocycles. The third kappa shape index (κ3) is 4.69. The molecule has 0 fully saturated rings. The first-order chi connectivity index (χ1) is 6.33. The molecule has 0 bridgehead atoms. The van der Waals surface area contributed by atoms with Gasteiger partial charge in [-0.2, -0.15) is 0 Å². The van der Waals surface area contributed by atoms with Crippen molar-refractivity contribution in [3.05, 3.63) is 35.9 Å². The zero-order chi connectivity index (χ0) is 9.52. The normalized spacial score (nSPS) is 12.4. The lowest BCUT2D eigenvalue weighted by Gasteiger charge is -2.05. The molecular formula is C10H11INS. The second kappa shape index (κ2) is 6.45. The van der Waals surface area contributed by atoms with Crippen LogP contribution >= 0.6 is 34.8 Å². The van der Waals surface area contributed by atoms with Gasteiger partial charge in [0.15, 0.2) is 0 Å². The Labute approximate surface area is 98.1 Å². The van der Waals surface area contributed by atoms with Crippen LogP contribution < -0.4 is 5.32 Å². The predicted molar refractivity (Wildman–Crippen MR) is 68.6 cm³/mol. The third-order valence-electron chi connectivity index (χ3n) is 1.62. The van der Waals surface area contributed by atoms with Gasteiger partial charge in [0.2, 0.25) is 0 Å². The van der Waals surface area contributed by atoms with Crippen LogP contribution in [0.15, 0.2) is 30.3 Å². The van der Waals surface area contributed by atoms with E-state index in [0.29, 0.717) is 3.92 Å². The zero-order valence-corrected chi connectivity index (χ0v) is 10.1. The first kappa shape index (κ1) is 11.1. The Morgan fingerprint density at radius 2 is 2.08 bits per heavy atom. The molecule has 0 heterocycles. The van der Waals surface area contributed by atoms with Crippen molar-refractivity contribution in [1.82, 2.24) is 5.32 Å². The molecule has 1 aromatic carbocycles. The molecule has 1 nitrogen and oxygen atoms in total. The molecule has 1 radical (unpaired) electrons. The molecule has 3 heteroatoms. The van der Waals surface area contributed by atoms with E-state index >= 15 is 0 Å². The van der Waals surface area contributed by atoms with E-state index in [0.717, 1.165) is 13.1 Å². The van der Waals surface area contributed by atoms with E-state index in [4.69, 9.17) is 12.2 Å². The van der Waals surface area contributed by atoms with Crippen LogP contribution in [0.4, 0.5) is 0 Å². The maximum atomic E-state index is 4.71. The van der Waals surface area contributed by atoms with Crippen molar-refractivity contribution in [2.24, 2.45) is 0 Å². The SMILES string of the molecule is S=[C]C(I)CNCc1ccccc1. The molecule has 0 saturated heterocycles. The highest BCUT2D eigenvalue weighted by molar-refractivity contribution is 14.1. The minimum Gasteiger partial charge on any atom is -0.311 e. The molecular weight excluding hydrogens is 293 g/mol. The van der Waals surface area contributed by atoms with Gasteiger partial charge in [-0.25, -0.2) is 0 Å². The lowest BCUT2D eigenvalue weighted by molar-refractivity contribution is 0.721. The van der Waals surface area contributed by atoms with Crippen LogP contribution in [-0.4, -0.2) is 15.8 Å². The van der Waals surface area contributed by atoms with E-state index in [9.17, 15) is 0 Å². The summed E-state index contributed by atoms with van der Waals surface area (Å²) in [6.45, 7) is 1.79. The van der Waals surface area contributed by atoms with Crippen molar-refractivity contribution in [1.29, 1.82) is 0 Å². The molecule has 13 heavy (non-hydrogen) atoms. The van der Waals surface area contributed by atoms with Gasteiger partial charge in [0.05, 0.1) is 3.92 Å². The lowest BCUT2D eigenvalue weighted by Crippen LogP contribution is -2.22. The predicted octanol–water partition coefficient (Wildman–Crippen LogP) is 2.46. The Morgan fingerprint density at radius 1 is 1.38 bits per heavy atom. The number of rotatable bonds is 5. The maximum Gasteiger partial charge on any atom is 0.0597 e. The van der Waals surface area contributed by atoms with Crippen LogP contribution in [0.2, 0.25) is 0 Å². The van der Waals surface area contributed by atoms with E-state index in [1.807, 2.05) is 18.2 Å². The average Bonchev–Trinajstić information content (AvgIpc) is 2.19. The Balaban J connectivity index is 2.24. The van der Waals surface area contributed by atoms with Crippen LogP contribution in [0.1, 0.15) is 5.56 Å². The minimum atomic E-state index is 0.316. The lowest BCUT2D eigenvalue weighted by atomic mass is 10.2. The summed E-state index contributed by atoms with van der Waals surface area (Å²) in [6, 6.07) is 10.3. The van der Waals surface area contributed by atoms with E-state index in [1.54, 1.807) is 0 Å². The highest BCUT2D eigenvalue weighted by atomic mass is 127. The van der Waals surface area contributed by atoms with Crippen molar-refractivity contribution < 1.29 is 0 Å². The summed E-state index contributed by atoms with van der Waals surface area (Å²) in [5, 5.41) is 6.07. The number of hydrogen-bond acceptors (Lipinski definition) is 2. The molecule has 1 atom stereocenters. The van der Waals surface area contributed by atoms with Crippen molar-refractivity contribution >= 4 is 40.2 Å². The number of alkyl halides is 1. The first-order valence-electron chi connectivity index (χ1n) is 4.09. The molecule has 1 rings (SSSR count). The van der Waals surface area contributed by atoms with Crippen molar-refractivity contribution in [3.63, 3.8) is 0 Å². The smallest absolute Gasteiger partial charge is 0.0597 e. The molecule has 1 N–H and O–H groups in total. The molecule has 0 aliphatic heterocycles. The summed E-state index contributed by atoms with van der Waals surface area (Å²) in [5.74, 6) is 0. The number of nitrogens with one attached hydrogen (secondary N) is 1. The summed E-state index contributed by atoms with van der Waals surface area (Å²) >= 11 is 6.98. The molecule has 0 amide bonds. The quantitative estimate of drug-likeness (QED) is 0.509. The molecule has 0 aromatic heterocycles. The molecule has 0 saturated carbocycles. The molecule has 69 valence electrons. The topological polar surface area (TPSA) is 12.0 Å². The fourth-order valence-corrected chi connectivity index (χ4v) is 1.38. The van der Waals surface area contributed by atoms with Crippen LogP contribution in [0, 0.1) is 0 Å². The van der Waals surface area contributed by atoms with Crippen molar-refractivity contribution in [2.45, 2.75) is 10.5 Å². The van der Waals surface area contributed by atoms with Crippen molar-refractivity contribution in [3.8, 4) is 0 Å². The van der Waals surface area contributed by atoms with Gasteiger partial charge in [-0.15, -0.1) is 0 Å². The average molecular weight is 304 g/mol. The minimum absolute atomic E-state index is 0.316. The zero-order valence-electron chi connectivity index (χ0n) is 7.16. The molecule has 0 spiro atoms. The van der Waals surface area contributed by atoms with Gasteiger partial charge in [0.1, 0.15) is 0 Å².